The van der Waals surface area contributed by atoms with E-state index in [1.807, 2.05) is 48.5 Å². The lowest BCUT2D eigenvalue weighted by atomic mass is 9.73. The van der Waals surface area contributed by atoms with Crippen LogP contribution in [0.4, 0.5) is 11.4 Å². The fourth-order valence-electron chi connectivity index (χ4n) is 5.60. The number of para-hydroxylation sites is 4. The Morgan fingerprint density at radius 3 is 2.53 bits per heavy atom. The average Bonchev–Trinajstić information content (AvgIpc) is 3.22. The normalized spacial score (nSPS) is 18.9. The first-order chi connectivity index (χ1) is 17.4. The zero-order valence-corrected chi connectivity index (χ0v) is 20.8. The molecular weight excluding hydrogens is 448 g/mol. The summed E-state index contributed by atoms with van der Waals surface area (Å²) in [5, 5.41) is 3.67. The van der Waals surface area contributed by atoms with Crippen molar-refractivity contribution in [2.24, 2.45) is 5.41 Å². The number of aromatic amines is 1. The van der Waals surface area contributed by atoms with Crippen LogP contribution in [0.1, 0.15) is 44.1 Å². The van der Waals surface area contributed by atoms with Gasteiger partial charge in [-0.25, -0.2) is 4.98 Å². The number of rotatable bonds is 4. The van der Waals surface area contributed by atoms with Crippen LogP contribution >= 0.6 is 0 Å². The molecule has 6 rings (SSSR count). The lowest BCUT2D eigenvalue weighted by Gasteiger charge is -2.38. The predicted octanol–water partition coefficient (Wildman–Crippen LogP) is 6.39. The first kappa shape index (κ1) is 22.4. The third-order valence-electron chi connectivity index (χ3n) is 7.19. The smallest absolute Gasteiger partial charge is 0.163 e. The monoisotopic (exact) mass is 478 g/mol. The van der Waals surface area contributed by atoms with Gasteiger partial charge < -0.3 is 19.9 Å². The summed E-state index contributed by atoms with van der Waals surface area (Å²) in [6.07, 6.45) is 1.34. The van der Waals surface area contributed by atoms with E-state index in [0.717, 1.165) is 57.2 Å². The van der Waals surface area contributed by atoms with Gasteiger partial charge in [-0.05, 0) is 53.8 Å². The first-order valence-electron chi connectivity index (χ1n) is 12.4. The number of hydrogen-bond donors (Lipinski definition) is 2. The highest BCUT2D eigenvalue weighted by Crippen LogP contribution is 2.48. The Labute approximate surface area is 211 Å². The summed E-state index contributed by atoms with van der Waals surface area (Å²) < 4.78 is 5.43. The quantitative estimate of drug-likeness (QED) is 0.356. The van der Waals surface area contributed by atoms with Crippen LogP contribution in [0.5, 0.6) is 5.75 Å². The Morgan fingerprint density at radius 2 is 1.75 bits per heavy atom. The van der Waals surface area contributed by atoms with Gasteiger partial charge in [-0.2, -0.15) is 0 Å². The van der Waals surface area contributed by atoms with Gasteiger partial charge in [-0.1, -0.05) is 50.2 Å². The number of ether oxygens (including phenoxy) is 1. The molecule has 3 aromatic carbocycles. The summed E-state index contributed by atoms with van der Waals surface area (Å²) in [4.78, 5) is 24.5. The maximum Gasteiger partial charge on any atom is 0.163 e. The van der Waals surface area contributed by atoms with E-state index in [2.05, 4.69) is 53.3 Å². The molecule has 2 N–H and O–H groups in total. The molecule has 1 aliphatic heterocycles. The molecular formula is C30H30N4O2. The van der Waals surface area contributed by atoms with Crippen molar-refractivity contribution in [2.45, 2.75) is 39.3 Å². The van der Waals surface area contributed by atoms with Gasteiger partial charge in [0.2, 0.25) is 0 Å². The summed E-state index contributed by atoms with van der Waals surface area (Å²) >= 11 is 0. The summed E-state index contributed by atoms with van der Waals surface area (Å²) in [5.41, 5.74) is 6.78. The molecule has 1 aromatic heterocycles. The van der Waals surface area contributed by atoms with Gasteiger partial charge >= 0.3 is 0 Å². The molecule has 1 atom stereocenters. The highest BCUT2D eigenvalue weighted by molar-refractivity contribution is 6.01. The molecule has 0 bridgehead atoms. The lowest BCUT2D eigenvalue weighted by Crippen LogP contribution is -2.36. The second-order valence-corrected chi connectivity index (χ2v) is 10.5. The van der Waals surface area contributed by atoms with Gasteiger partial charge in [-0.3, -0.25) is 4.79 Å². The molecule has 2 heterocycles. The van der Waals surface area contributed by atoms with Crippen molar-refractivity contribution in [1.29, 1.82) is 0 Å². The minimum atomic E-state index is -0.265. The lowest BCUT2D eigenvalue weighted by molar-refractivity contribution is -0.118. The number of anilines is 2. The fourth-order valence-corrected chi connectivity index (χ4v) is 5.60. The molecule has 4 aromatic rings. The van der Waals surface area contributed by atoms with E-state index in [1.165, 1.54) is 0 Å². The van der Waals surface area contributed by atoms with Crippen LogP contribution in [0.3, 0.4) is 0 Å². The second-order valence-electron chi connectivity index (χ2n) is 10.5. The summed E-state index contributed by atoms with van der Waals surface area (Å²) in [5.74, 6) is 1.84. The standard InChI is InChI=1S/C30H30N4O2/c1-30(2)16-24-28(26(35)17-30)29(19-12-14-20(36-3)15-13-19)34(25-11-7-6-10-23(25)31-24)18-27-32-21-8-4-5-9-22(21)33-27/h4-15,29,31H,16-18H2,1-3H3,(H,32,33). The molecule has 36 heavy (non-hydrogen) atoms. The van der Waals surface area contributed by atoms with E-state index in [9.17, 15) is 4.79 Å². The average molecular weight is 479 g/mol. The Morgan fingerprint density at radius 1 is 1.00 bits per heavy atom. The topological polar surface area (TPSA) is 70.2 Å². The van der Waals surface area contributed by atoms with Crippen molar-refractivity contribution >= 4 is 28.2 Å². The Balaban J connectivity index is 1.55. The number of benzene rings is 3. The zero-order valence-electron chi connectivity index (χ0n) is 20.8. The van der Waals surface area contributed by atoms with Crippen LogP contribution in [-0.4, -0.2) is 22.9 Å². The van der Waals surface area contributed by atoms with Crippen molar-refractivity contribution in [3.63, 3.8) is 0 Å². The van der Waals surface area contributed by atoms with Gasteiger partial charge in [0.25, 0.3) is 0 Å². The fraction of sp³-hybridized carbons (Fsp3) is 0.267. The number of carbonyl (C=O) groups is 1. The predicted molar refractivity (Wildman–Crippen MR) is 143 cm³/mol. The van der Waals surface area contributed by atoms with Gasteiger partial charge in [0, 0.05) is 17.7 Å². The maximum absolute atomic E-state index is 13.8. The van der Waals surface area contributed by atoms with Crippen LogP contribution in [0, 0.1) is 5.41 Å². The number of hydrogen-bond acceptors (Lipinski definition) is 5. The third kappa shape index (κ3) is 3.92. The number of carbonyl (C=O) groups excluding carboxylic acids is 1. The highest BCUT2D eigenvalue weighted by Gasteiger charge is 2.41. The summed E-state index contributed by atoms with van der Waals surface area (Å²) in [6.45, 7) is 4.86. The molecule has 0 amide bonds. The molecule has 0 saturated heterocycles. The number of methoxy groups -OCH3 is 1. The minimum absolute atomic E-state index is 0.101. The molecule has 6 heteroatoms. The number of ketones is 1. The number of nitrogens with one attached hydrogen (secondary N) is 2. The number of nitrogens with zero attached hydrogens (tertiary/aromatic N) is 2. The van der Waals surface area contributed by atoms with E-state index in [4.69, 9.17) is 9.72 Å². The molecule has 182 valence electrons. The second kappa shape index (κ2) is 8.55. The van der Waals surface area contributed by atoms with Crippen LogP contribution < -0.4 is 15.0 Å². The van der Waals surface area contributed by atoms with Gasteiger partial charge in [-0.15, -0.1) is 0 Å². The van der Waals surface area contributed by atoms with E-state index in [1.54, 1.807) is 7.11 Å². The maximum atomic E-state index is 13.8. The molecule has 2 aliphatic rings. The van der Waals surface area contributed by atoms with Crippen LogP contribution in [0.2, 0.25) is 0 Å². The molecule has 0 radical (unpaired) electrons. The Hall–Kier alpha value is -4.06. The first-order valence-corrected chi connectivity index (χ1v) is 12.4. The number of aromatic nitrogens is 2. The van der Waals surface area contributed by atoms with Gasteiger partial charge in [0.1, 0.15) is 11.6 Å². The highest BCUT2D eigenvalue weighted by atomic mass is 16.5. The SMILES string of the molecule is COc1ccc(C2C3=C(CC(C)(C)CC3=O)Nc3ccccc3N2Cc2nc3ccccc3[nH]2)cc1. The third-order valence-corrected chi connectivity index (χ3v) is 7.19. The Kier molecular flexibility index (Phi) is 5.32. The van der Waals surface area contributed by atoms with Crippen molar-refractivity contribution in [3.05, 3.63) is 95.5 Å². The molecule has 0 fully saturated rings. The largest absolute Gasteiger partial charge is 0.497 e. The number of imidazole rings is 1. The van der Waals surface area contributed by atoms with Crippen molar-refractivity contribution < 1.29 is 9.53 Å². The van der Waals surface area contributed by atoms with Crippen LogP contribution in [0.25, 0.3) is 11.0 Å². The van der Waals surface area contributed by atoms with E-state index in [0.29, 0.717) is 13.0 Å². The van der Waals surface area contributed by atoms with Gasteiger partial charge in [0.05, 0.1) is 42.1 Å². The molecule has 6 nitrogen and oxygen atoms in total. The number of Topliss-reactive ketones (excluding diaryl/α,β-unsaturated/α-hetero) is 1. The number of allylic oxidation sites excluding steroid dienone is 1. The summed E-state index contributed by atoms with van der Waals surface area (Å²) in [6, 6.07) is 24.2. The van der Waals surface area contributed by atoms with Crippen molar-refractivity contribution in [3.8, 4) is 5.75 Å². The van der Waals surface area contributed by atoms with Crippen molar-refractivity contribution in [2.75, 3.05) is 17.3 Å². The molecule has 1 aliphatic carbocycles. The van der Waals surface area contributed by atoms with Crippen LogP contribution in [0.15, 0.2) is 84.1 Å². The summed E-state index contributed by atoms with van der Waals surface area (Å²) in [7, 11) is 1.67. The van der Waals surface area contributed by atoms with Crippen molar-refractivity contribution in [1.82, 2.24) is 9.97 Å². The van der Waals surface area contributed by atoms with E-state index < -0.39 is 0 Å². The molecule has 0 saturated carbocycles. The zero-order chi connectivity index (χ0) is 24.9. The van der Waals surface area contributed by atoms with Crippen LogP contribution in [-0.2, 0) is 11.3 Å². The van der Waals surface area contributed by atoms with E-state index in [-0.39, 0.29) is 17.2 Å². The molecule has 0 spiro atoms. The molecule has 1 unspecified atom stereocenters. The van der Waals surface area contributed by atoms with Gasteiger partial charge in [0.15, 0.2) is 5.78 Å². The Bertz CT molecular complexity index is 1450. The van der Waals surface area contributed by atoms with E-state index >= 15 is 0 Å². The minimum Gasteiger partial charge on any atom is -0.497 e. The number of H-pyrrole nitrogens is 1. The number of fused-ring (bicyclic) bond motifs is 2.